The lowest BCUT2D eigenvalue weighted by Gasteiger charge is -2.11. The molecule has 0 amide bonds. The predicted octanol–water partition coefficient (Wildman–Crippen LogP) is 4.61. The molecule has 3 nitrogen and oxygen atoms in total. The van der Waals surface area contributed by atoms with Gasteiger partial charge in [0.25, 0.3) is 0 Å². The molecule has 1 N–H and O–H groups in total. The van der Waals surface area contributed by atoms with Gasteiger partial charge in [0.2, 0.25) is 0 Å². The van der Waals surface area contributed by atoms with Gasteiger partial charge < -0.3 is 9.88 Å². The highest BCUT2D eigenvalue weighted by Crippen LogP contribution is 2.31. The van der Waals surface area contributed by atoms with Crippen molar-refractivity contribution in [2.24, 2.45) is 0 Å². The maximum absolute atomic E-state index is 4.73. The minimum atomic E-state index is 1.01. The van der Waals surface area contributed by atoms with E-state index in [0.29, 0.717) is 0 Å². The van der Waals surface area contributed by atoms with Gasteiger partial charge in [0, 0.05) is 17.7 Å². The molecule has 1 aromatic heterocycles. The van der Waals surface area contributed by atoms with Crippen LogP contribution < -0.4 is 5.32 Å². The van der Waals surface area contributed by atoms with E-state index < -0.39 is 0 Å². The van der Waals surface area contributed by atoms with Crippen LogP contribution in [0.1, 0.15) is 19.3 Å². The van der Waals surface area contributed by atoms with Crippen LogP contribution in [0, 0.1) is 0 Å². The van der Waals surface area contributed by atoms with E-state index in [1.807, 2.05) is 19.4 Å². The fourth-order valence-corrected chi connectivity index (χ4v) is 3.02. The summed E-state index contributed by atoms with van der Waals surface area (Å²) in [6, 6.07) is 21.0. The average molecular weight is 319 g/mol. The van der Waals surface area contributed by atoms with Crippen molar-refractivity contribution in [3.8, 4) is 22.5 Å². The number of imidazole rings is 1. The third kappa shape index (κ3) is 3.92. The molecule has 0 fully saturated rings. The smallest absolute Gasteiger partial charge is 0.0963 e. The van der Waals surface area contributed by atoms with Crippen LogP contribution in [-0.4, -0.2) is 23.1 Å². The first-order chi connectivity index (χ1) is 11.9. The number of unbranched alkanes of at least 4 members (excludes halogenated alkanes) is 2. The van der Waals surface area contributed by atoms with Crippen molar-refractivity contribution in [2.75, 3.05) is 13.6 Å². The highest BCUT2D eigenvalue weighted by Gasteiger charge is 2.14. The molecule has 3 aromatic rings. The fourth-order valence-electron chi connectivity index (χ4n) is 3.02. The first-order valence-corrected chi connectivity index (χ1v) is 8.70. The molecule has 2 aromatic carbocycles. The Hall–Kier alpha value is -2.39. The van der Waals surface area contributed by atoms with Crippen LogP contribution >= 0.6 is 0 Å². The molecule has 0 saturated carbocycles. The Kier molecular flexibility index (Phi) is 5.80. The number of nitrogens with zero attached hydrogens (tertiary/aromatic N) is 2. The Morgan fingerprint density at radius 2 is 1.50 bits per heavy atom. The number of nitrogens with one attached hydrogen (secondary N) is 1. The van der Waals surface area contributed by atoms with Gasteiger partial charge in [-0.05, 0) is 26.4 Å². The van der Waals surface area contributed by atoms with Gasteiger partial charge in [-0.1, -0.05) is 67.1 Å². The molecule has 0 saturated heterocycles. The van der Waals surface area contributed by atoms with Crippen molar-refractivity contribution in [2.45, 2.75) is 25.8 Å². The van der Waals surface area contributed by atoms with Crippen molar-refractivity contribution >= 4 is 0 Å². The SMILES string of the molecule is CNCCCCCn1cnc(-c2ccccc2)c1-c1ccccc1. The van der Waals surface area contributed by atoms with Gasteiger partial charge in [-0.3, -0.25) is 0 Å². The fraction of sp³-hybridized carbons (Fsp3) is 0.286. The molecular weight excluding hydrogens is 294 g/mol. The Bertz CT molecular complexity index is 732. The van der Waals surface area contributed by atoms with Gasteiger partial charge in [-0.25, -0.2) is 4.98 Å². The Morgan fingerprint density at radius 1 is 0.833 bits per heavy atom. The molecule has 0 bridgehead atoms. The van der Waals surface area contributed by atoms with Crippen LogP contribution in [0.25, 0.3) is 22.5 Å². The van der Waals surface area contributed by atoms with Gasteiger partial charge in [-0.15, -0.1) is 0 Å². The third-order valence-corrected chi connectivity index (χ3v) is 4.26. The third-order valence-electron chi connectivity index (χ3n) is 4.26. The zero-order valence-electron chi connectivity index (χ0n) is 14.3. The van der Waals surface area contributed by atoms with Gasteiger partial charge in [0.1, 0.15) is 0 Å². The summed E-state index contributed by atoms with van der Waals surface area (Å²) in [4.78, 5) is 4.73. The topological polar surface area (TPSA) is 29.9 Å². The van der Waals surface area contributed by atoms with Crippen LogP contribution in [0.4, 0.5) is 0 Å². The van der Waals surface area contributed by atoms with E-state index in [0.717, 1.165) is 18.8 Å². The summed E-state index contributed by atoms with van der Waals surface area (Å²) in [7, 11) is 2.01. The number of hydrogen-bond donors (Lipinski definition) is 1. The van der Waals surface area contributed by atoms with Gasteiger partial charge in [-0.2, -0.15) is 0 Å². The number of hydrogen-bond acceptors (Lipinski definition) is 2. The normalized spacial score (nSPS) is 10.9. The van der Waals surface area contributed by atoms with E-state index in [-0.39, 0.29) is 0 Å². The first kappa shape index (κ1) is 16.5. The minimum absolute atomic E-state index is 1.01. The molecule has 0 aliphatic heterocycles. The Balaban J connectivity index is 1.88. The molecule has 0 radical (unpaired) electrons. The van der Waals surface area contributed by atoms with Gasteiger partial charge in [0.15, 0.2) is 0 Å². The van der Waals surface area contributed by atoms with Gasteiger partial charge >= 0.3 is 0 Å². The van der Waals surface area contributed by atoms with Crippen molar-refractivity contribution in [3.63, 3.8) is 0 Å². The number of benzene rings is 2. The van der Waals surface area contributed by atoms with Crippen molar-refractivity contribution in [3.05, 3.63) is 67.0 Å². The Morgan fingerprint density at radius 3 is 2.17 bits per heavy atom. The van der Waals surface area contributed by atoms with Crippen molar-refractivity contribution in [1.82, 2.24) is 14.9 Å². The van der Waals surface area contributed by atoms with Crippen LogP contribution in [0.15, 0.2) is 67.0 Å². The highest BCUT2D eigenvalue weighted by molar-refractivity contribution is 5.78. The monoisotopic (exact) mass is 319 g/mol. The molecule has 3 rings (SSSR count). The largest absolute Gasteiger partial charge is 0.330 e. The maximum atomic E-state index is 4.73. The minimum Gasteiger partial charge on any atom is -0.330 e. The van der Waals surface area contributed by atoms with Crippen molar-refractivity contribution < 1.29 is 0 Å². The van der Waals surface area contributed by atoms with Crippen LogP contribution in [0.3, 0.4) is 0 Å². The summed E-state index contributed by atoms with van der Waals surface area (Å²) in [5, 5.41) is 3.21. The molecule has 1 heterocycles. The molecule has 0 atom stereocenters. The molecular formula is C21H25N3. The second kappa shape index (κ2) is 8.46. The number of aryl methyl sites for hydroxylation is 1. The molecule has 3 heteroatoms. The predicted molar refractivity (Wildman–Crippen MR) is 101 cm³/mol. The van der Waals surface area contributed by atoms with E-state index in [4.69, 9.17) is 4.98 Å². The van der Waals surface area contributed by atoms with Crippen molar-refractivity contribution in [1.29, 1.82) is 0 Å². The lowest BCUT2D eigenvalue weighted by atomic mass is 10.0. The first-order valence-electron chi connectivity index (χ1n) is 8.70. The van der Waals surface area contributed by atoms with E-state index in [1.54, 1.807) is 0 Å². The molecule has 0 unspecified atom stereocenters. The van der Waals surface area contributed by atoms with E-state index in [2.05, 4.69) is 64.5 Å². The summed E-state index contributed by atoms with van der Waals surface area (Å²) in [5.41, 5.74) is 4.68. The second-order valence-electron chi connectivity index (χ2n) is 6.03. The summed E-state index contributed by atoms with van der Waals surface area (Å²) < 4.78 is 2.30. The lowest BCUT2D eigenvalue weighted by molar-refractivity contribution is 0.577. The summed E-state index contributed by atoms with van der Waals surface area (Å²) in [6.45, 7) is 2.10. The zero-order valence-corrected chi connectivity index (χ0v) is 14.3. The standard InChI is InChI=1S/C21H25N3/c1-22-15-9-4-10-16-24-17-23-20(18-11-5-2-6-12-18)21(24)19-13-7-3-8-14-19/h2-3,5-8,11-14,17,22H,4,9-10,15-16H2,1H3. The molecule has 0 spiro atoms. The van der Waals surface area contributed by atoms with E-state index in [9.17, 15) is 0 Å². The molecule has 0 aliphatic carbocycles. The zero-order chi connectivity index (χ0) is 16.6. The maximum Gasteiger partial charge on any atom is 0.0963 e. The quantitative estimate of drug-likeness (QED) is 0.615. The molecule has 124 valence electrons. The molecule has 24 heavy (non-hydrogen) atoms. The number of rotatable bonds is 8. The van der Waals surface area contributed by atoms with Gasteiger partial charge in [0.05, 0.1) is 17.7 Å². The van der Waals surface area contributed by atoms with E-state index >= 15 is 0 Å². The van der Waals surface area contributed by atoms with Crippen LogP contribution in [0.2, 0.25) is 0 Å². The van der Waals surface area contributed by atoms with E-state index in [1.165, 1.54) is 36.1 Å². The summed E-state index contributed by atoms with van der Waals surface area (Å²) in [6.07, 6.45) is 5.61. The lowest BCUT2D eigenvalue weighted by Crippen LogP contribution is -2.07. The average Bonchev–Trinajstić information content (AvgIpc) is 3.07. The number of aromatic nitrogens is 2. The molecule has 0 aliphatic rings. The summed E-state index contributed by atoms with van der Waals surface area (Å²) >= 11 is 0. The highest BCUT2D eigenvalue weighted by atomic mass is 15.1. The second-order valence-corrected chi connectivity index (χ2v) is 6.03. The summed E-state index contributed by atoms with van der Waals surface area (Å²) in [5.74, 6) is 0. The van der Waals surface area contributed by atoms with Crippen LogP contribution in [-0.2, 0) is 6.54 Å². The van der Waals surface area contributed by atoms with Crippen LogP contribution in [0.5, 0.6) is 0 Å². The Labute approximate surface area is 144 Å².